The number of piperidine rings is 1. The molecule has 4 aliphatic rings. The second kappa shape index (κ2) is 8.37. The number of esters is 1. The van der Waals surface area contributed by atoms with Gasteiger partial charge in [0, 0.05) is 29.4 Å². The molecule has 1 fully saturated rings. The van der Waals surface area contributed by atoms with E-state index in [1.54, 1.807) is 12.1 Å². The minimum atomic E-state index is -4.67. The topological polar surface area (TPSA) is 102 Å². The molecule has 2 bridgehead atoms. The Morgan fingerprint density at radius 2 is 2.09 bits per heavy atom. The summed E-state index contributed by atoms with van der Waals surface area (Å²) in [4.78, 5) is 14.9. The zero-order valence-corrected chi connectivity index (χ0v) is 19.8. The van der Waals surface area contributed by atoms with E-state index < -0.39 is 28.0 Å². The summed E-state index contributed by atoms with van der Waals surface area (Å²) in [6.07, 6.45) is 7.98. The van der Waals surface area contributed by atoms with E-state index in [9.17, 15) is 17.8 Å². The Morgan fingerprint density at radius 3 is 2.85 bits per heavy atom. The standard InChI is InChI=1S/C24H31NO7S/c1-3-4-5-6-7-20(26)30-18-10-8-15-14-17-16-9-11-19(32-33(27,28)29)23-24(16,12-13-25(17)2)21(15)22(18)31-23/h8-11,16-17,19,23H,3-7,12-14H2,1-2H3,(H,27,28,29)/t16-,17+,19-,23-,24-/m0/s1. The van der Waals surface area contributed by atoms with E-state index in [2.05, 4.69) is 18.9 Å². The third kappa shape index (κ3) is 3.79. The molecule has 1 spiro atoms. The summed E-state index contributed by atoms with van der Waals surface area (Å²) < 4.78 is 49.7. The van der Waals surface area contributed by atoms with Gasteiger partial charge in [0.05, 0.1) is 0 Å². The van der Waals surface area contributed by atoms with Crippen LogP contribution in [0.1, 0.15) is 56.6 Å². The van der Waals surface area contributed by atoms with Gasteiger partial charge in [-0.15, -0.1) is 0 Å². The summed E-state index contributed by atoms with van der Waals surface area (Å²) in [5, 5.41) is 0. The highest BCUT2D eigenvalue weighted by Crippen LogP contribution is 2.62. The molecular formula is C24H31NO7S. The lowest BCUT2D eigenvalue weighted by atomic mass is 9.53. The number of hydrogen-bond donors (Lipinski definition) is 1. The molecule has 1 aromatic rings. The normalized spacial score (nSPS) is 31.7. The molecule has 0 unspecified atom stereocenters. The van der Waals surface area contributed by atoms with Crippen molar-refractivity contribution in [3.63, 3.8) is 0 Å². The average molecular weight is 478 g/mol. The molecule has 180 valence electrons. The molecule has 1 N–H and O–H groups in total. The molecule has 2 aliphatic carbocycles. The molecule has 5 atom stereocenters. The lowest BCUT2D eigenvalue weighted by molar-refractivity contribution is -0.134. The van der Waals surface area contributed by atoms with Crippen LogP contribution in [0, 0.1) is 5.92 Å². The number of carbonyl (C=O) groups is 1. The first kappa shape index (κ1) is 22.8. The van der Waals surface area contributed by atoms with Crippen LogP contribution in [0.15, 0.2) is 24.3 Å². The Bertz CT molecular complexity index is 1080. The van der Waals surface area contributed by atoms with E-state index in [1.807, 2.05) is 12.1 Å². The maximum atomic E-state index is 12.5. The first-order valence-electron chi connectivity index (χ1n) is 11.8. The van der Waals surface area contributed by atoms with Gasteiger partial charge in [-0.05, 0) is 44.5 Å². The van der Waals surface area contributed by atoms with Crippen LogP contribution >= 0.6 is 0 Å². The third-order valence-corrected chi connectivity index (χ3v) is 8.27. The van der Waals surface area contributed by atoms with Gasteiger partial charge in [-0.1, -0.05) is 44.4 Å². The van der Waals surface area contributed by atoms with Gasteiger partial charge in [-0.3, -0.25) is 9.35 Å². The number of likely N-dealkylation sites (tertiary alicyclic amines) is 1. The Balaban J connectivity index is 1.52. The van der Waals surface area contributed by atoms with Gasteiger partial charge in [0.25, 0.3) is 0 Å². The molecule has 0 aromatic heterocycles. The first-order chi connectivity index (χ1) is 15.7. The lowest BCUT2D eigenvalue weighted by Crippen LogP contribution is -2.65. The average Bonchev–Trinajstić information content (AvgIpc) is 3.11. The molecule has 0 amide bonds. The molecule has 0 saturated carbocycles. The largest absolute Gasteiger partial charge is 0.482 e. The van der Waals surface area contributed by atoms with Crippen LogP contribution in [0.3, 0.4) is 0 Å². The van der Waals surface area contributed by atoms with Crippen molar-refractivity contribution in [2.75, 3.05) is 13.6 Å². The molecule has 2 heterocycles. The number of unbranched alkanes of at least 4 members (excludes halogenated alkanes) is 3. The highest BCUT2D eigenvalue weighted by molar-refractivity contribution is 7.80. The third-order valence-electron chi connectivity index (χ3n) is 7.81. The van der Waals surface area contributed by atoms with E-state index in [0.717, 1.165) is 56.2 Å². The maximum Gasteiger partial charge on any atom is 0.398 e. The minimum absolute atomic E-state index is 0.108. The second-order valence-electron chi connectivity index (χ2n) is 9.69. The summed E-state index contributed by atoms with van der Waals surface area (Å²) in [6, 6.07) is 4.04. The Morgan fingerprint density at radius 1 is 1.27 bits per heavy atom. The van der Waals surface area contributed by atoms with Crippen molar-refractivity contribution < 1.29 is 31.4 Å². The quantitative estimate of drug-likeness (QED) is 0.200. The summed E-state index contributed by atoms with van der Waals surface area (Å²) in [7, 11) is -2.56. The van der Waals surface area contributed by atoms with E-state index in [-0.39, 0.29) is 17.9 Å². The van der Waals surface area contributed by atoms with Gasteiger partial charge in [0.15, 0.2) is 11.5 Å². The van der Waals surface area contributed by atoms with Crippen LogP contribution in [-0.4, -0.2) is 55.7 Å². The fourth-order valence-electron chi connectivity index (χ4n) is 6.38. The number of nitrogens with zero attached hydrogens (tertiary/aromatic N) is 1. The number of carbonyl (C=O) groups excluding carboxylic acids is 1. The first-order valence-corrected chi connectivity index (χ1v) is 13.2. The van der Waals surface area contributed by atoms with Gasteiger partial charge in [0.2, 0.25) is 0 Å². The smallest absolute Gasteiger partial charge is 0.398 e. The molecule has 9 heteroatoms. The van der Waals surface area contributed by atoms with Crippen LogP contribution in [0.2, 0.25) is 0 Å². The highest BCUT2D eigenvalue weighted by atomic mass is 32.3. The minimum Gasteiger partial charge on any atom is -0.482 e. The van der Waals surface area contributed by atoms with Crippen LogP contribution in [0.25, 0.3) is 0 Å². The van der Waals surface area contributed by atoms with E-state index in [1.165, 1.54) is 0 Å². The monoisotopic (exact) mass is 477 g/mol. The zero-order chi connectivity index (χ0) is 23.4. The van der Waals surface area contributed by atoms with Crippen LogP contribution in [-0.2, 0) is 31.2 Å². The van der Waals surface area contributed by atoms with Crippen molar-refractivity contribution in [2.45, 2.75) is 75.5 Å². The van der Waals surface area contributed by atoms with Crippen molar-refractivity contribution in [1.82, 2.24) is 4.90 Å². The van der Waals surface area contributed by atoms with Gasteiger partial charge < -0.3 is 14.4 Å². The fourth-order valence-corrected chi connectivity index (χ4v) is 6.83. The lowest BCUT2D eigenvalue weighted by Gasteiger charge is -2.56. The number of likely N-dealkylation sites (N-methyl/N-ethyl adjacent to an activating group) is 1. The summed E-state index contributed by atoms with van der Waals surface area (Å²) in [6.45, 7) is 2.95. The molecule has 8 nitrogen and oxygen atoms in total. The molecule has 1 saturated heterocycles. The van der Waals surface area contributed by atoms with E-state index in [0.29, 0.717) is 17.9 Å². The van der Waals surface area contributed by atoms with Gasteiger partial charge in [-0.25, -0.2) is 4.18 Å². The van der Waals surface area contributed by atoms with Crippen molar-refractivity contribution in [1.29, 1.82) is 0 Å². The number of hydrogen-bond acceptors (Lipinski definition) is 7. The number of rotatable bonds is 8. The number of benzene rings is 1. The van der Waals surface area contributed by atoms with Crippen molar-refractivity contribution >= 4 is 16.4 Å². The SMILES string of the molecule is CCCCCCC(=O)Oc1ccc2c3c1O[C@H]1[C@@H](OS(=O)(=O)O)C=C[C@H]4[C@@H](C2)N(C)CC[C@@]341. The Hall–Kier alpha value is -1.94. The molecule has 2 aliphatic heterocycles. The van der Waals surface area contributed by atoms with Gasteiger partial charge in [-0.2, -0.15) is 8.42 Å². The summed E-state index contributed by atoms with van der Waals surface area (Å²) in [5.41, 5.74) is 1.64. The van der Waals surface area contributed by atoms with Crippen LogP contribution in [0.5, 0.6) is 11.5 Å². The summed E-state index contributed by atoms with van der Waals surface area (Å²) in [5.74, 6) is 0.701. The van der Waals surface area contributed by atoms with Crippen molar-refractivity contribution in [3.8, 4) is 11.5 Å². The van der Waals surface area contributed by atoms with Crippen molar-refractivity contribution in [3.05, 3.63) is 35.4 Å². The molecule has 33 heavy (non-hydrogen) atoms. The van der Waals surface area contributed by atoms with Crippen molar-refractivity contribution in [2.24, 2.45) is 5.92 Å². The van der Waals surface area contributed by atoms with Crippen LogP contribution < -0.4 is 9.47 Å². The maximum absolute atomic E-state index is 12.5. The predicted molar refractivity (Wildman–Crippen MR) is 121 cm³/mol. The highest BCUT2D eigenvalue weighted by Gasteiger charge is 2.65. The zero-order valence-electron chi connectivity index (χ0n) is 19.0. The number of ether oxygens (including phenoxy) is 2. The Labute approximate surface area is 194 Å². The van der Waals surface area contributed by atoms with E-state index >= 15 is 0 Å². The molecule has 1 aromatic carbocycles. The van der Waals surface area contributed by atoms with Gasteiger partial charge in [0.1, 0.15) is 12.2 Å². The fraction of sp³-hybridized carbons (Fsp3) is 0.625. The predicted octanol–water partition coefficient (Wildman–Crippen LogP) is 3.20. The summed E-state index contributed by atoms with van der Waals surface area (Å²) >= 11 is 0. The molecular weight excluding hydrogens is 446 g/mol. The molecule has 0 radical (unpaired) electrons. The Kier molecular flexibility index (Phi) is 5.79. The second-order valence-corrected chi connectivity index (χ2v) is 10.7. The van der Waals surface area contributed by atoms with Crippen LogP contribution in [0.4, 0.5) is 0 Å². The van der Waals surface area contributed by atoms with E-state index in [4.69, 9.17) is 13.7 Å². The molecule has 5 rings (SSSR count). The van der Waals surface area contributed by atoms with Gasteiger partial charge >= 0.3 is 16.4 Å².